The molecule has 0 saturated carbocycles. The molecule has 0 bridgehead atoms. The lowest BCUT2D eigenvalue weighted by Crippen LogP contribution is -2.15. The van der Waals surface area contributed by atoms with Gasteiger partial charge in [0.05, 0.1) is 18.4 Å². The van der Waals surface area contributed by atoms with Crippen LogP contribution in [0.1, 0.15) is 12.6 Å². The van der Waals surface area contributed by atoms with Gasteiger partial charge in [0.15, 0.2) is 16.9 Å². The SMILES string of the molecule is CC(C#N)OC(=O)Cc1csc(-c2ccco2)n1. The van der Waals surface area contributed by atoms with Crippen LogP contribution in [0.5, 0.6) is 0 Å². The van der Waals surface area contributed by atoms with Crippen molar-refractivity contribution >= 4 is 17.3 Å². The molecule has 0 fully saturated rings. The van der Waals surface area contributed by atoms with Crippen molar-refractivity contribution in [1.29, 1.82) is 5.26 Å². The fourth-order valence-electron chi connectivity index (χ4n) is 1.31. The van der Waals surface area contributed by atoms with Gasteiger partial charge < -0.3 is 9.15 Å². The number of furan rings is 1. The van der Waals surface area contributed by atoms with Crippen LogP contribution in [0.3, 0.4) is 0 Å². The number of nitrogens with zero attached hydrogens (tertiary/aromatic N) is 2. The van der Waals surface area contributed by atoms with Gasteiger partial charge in [-0.1, -0.05) is 0 Å². The van der Waals surface area contributed by atoms with E-state index < -0.39 is 12.1 Å². The van der Waals surface area contributed by atoms with Gasteiger partial charge in [-0.15, -0.1) is 11.3 Å². The van der Waals surface area contributed by atoms with Crippen molar-refractivity contribution < 1.29 is 13.9 Å². The van der Waals surface area contributed by atoms with E-state index in [1.54, 1.807) is 23.8 Å². The van der Waals surface area contributed by atoms with Crippen LogP contribution in [0.15, 0.2) is 28.2 Å². The Morgan fingerprint density at radius 3 is 3.22 bits per heavy atom. The molecule has 2 heterocycles. The van der Waals surface area contributed by atoms with E-state index in [-0.39, 0.29) is 6.42 Å². The summed E-state index contributed by atoms with van der Waals surface area (Å²) in [6.45, 7) is 1.52. The summed E-state index contributed by atoms with van der Waals surface area (Å²) in [5, 5.41) is 11.0. The molecular weight excluding hydrogens is 252 g/mol. The largest absolute Gasteiger partial charge is 0.462 e. The Labute approximate surface area is 108 Å². The first-order valence-electron chi connectivity index (χ1n) is 5.26. The summed E-state index contributed by atoms with van der Waals surface area (Å²) in [6, 6.07) is 5.41. The van der Waals surface area contributed by atoms with Gasteiger partial charge in [-0.05, 0) is 19.1 Å². The highest BCUT2D eigenvalue weighted by Gasteiger charge is 2.13. The Morgan fingerprint density at radius 2 is 2.56 bits per heavy atom. The van der Waals surface area contributed by atoms with Crippen molar-refractivity contribution in [3.63, 3.8) is 0 Å². The fraction of sp³-hybridized carbons (Fsp3) is 0.250. The molecule has 92 valence electrons. The third kappa shape index (κ3) is 2.96. The number of hydrogen-bond acceptors (Lipinski definition) is 6. The fourth-order valence-corrected chi connectivity index (χ4v) is 2.10. The van der Waals surface area contributed by atoms with Crippen molar-refractivity contribution in [3.05, 3.63) is 29.5 Å². The standard InChI is InChI=1S/C12H10N2O3S/c1-8(6-13)17-11(15)5-9-7-18-12(14-9)10-3-2-4-16-10/h2-4,7-8H,5H2,1H3. The summed E-state index contributed by atoms with van der Waals surface area (Å²) in [5.74, 6) is 0.213. The Bertz CT molecular complexity index is 568. The van der Waals surface area contributed by atoms with Gasteiger partial charge >= 0.3 is 5.97 Å². The molecule has 18 heavy (non-hydrogen) atoms. The van der Waals surface area contributed by atoms with Crippen molar-refractivity contribution in [2.45, 2.75) is 19.4 Å². The zero-order valence-corrected chi connectivity index (χ0v) is 10.4. The van der Waals surface area contributed by atoms with Crippen molar-refractivity contribution in [3.8, 4) is 16.8 Å². The molecule has 0 N–H and O–H groups in total. The predicted molar refractivity (Wildman–Crippen MR) is 64.7 cm³/mol. The average Bonchev–Trinajstić information content (AvgIpc) is 2.98. The third-order valence-electron chi connectivity index (χ3n) is 2.10. The van der Waals surface area contributed by atoms with E-state index in [1.807, 2.05) is 6.07 Å². The first-order valence-corrected chi connectivity index (χ1v) is 6.14. The molecule has 6 heteroatoms. The zero-order valence-electron chi connectivity index (χ0n) is 9.62. The van der Waals surface area contributed by atoms with Gasteiger partial charge in [0.2, 0.25) is 0 Å². The highest BCUT2D eigenvalue weighted by Crippen LogP contribution is 2.24. The lowest BCUT2D eigenvalue weighted by Gasteiger charge is -2.03. The van der Waals surface area contributed by atoms with Crippen LogP contribution < -0.4 is 0 Å². The van der Waals surface area contributed by atoms with Crippen LogP contribution in [0.4, 0.5) is 0 Å². The second kappa shape index (κ2) is 5.47. The summed E-state index contributed by atoms with van der Waals surface area (Å²) >= 11 is 1.40. The number of nitriles is 1. The molecule has 0 radical (unpaired) electrons. The smallest absolute Gasteiger partial charge is 0.313 e. The number of thiazole rings is 1. The third-order valence-corrected chi connectivity index (χ3v) is 3.00. The first kappa shape index (κ1) is 12.3. The second-order valence-electron chi connectivity index (χ2n) is 3.56. The van der Waals surface area contributed by atoms with Gasteiger partial charge in [0.1, 0.15) is 6.07 Å². The Morgan fingerprint density at radius 1 is 1.72 bits per heavy atom. The molecule has 0 aliphatic rings. The maximum absolute atomic E-state index is 11.4. The molecule has 2 aromatic rings. The molecule has 5 nitrogen and oxygen atoms in total. The molecule has 1 unspecified atom stereocenters. The van der Waals surface area contributed by atoms with Gasteiger partial charge in [0.25, 0.3) is 0 Å². The Hall–Kier alpha value is -2.13. The lowest BCUT2D eigenvalue weighted by molar-refractivity contribution is -0.145. The minimum absolute atomic E-state index is 0.0588. The number of ether oxygens (including phenoxy) is 1. The van der Waals surface area contributed by atoms with Gasteiger partial charge in [-0.3, -0.25) is 4.79 Å². The molecule has 0 aliphatic carbocycles. The number of esters is 1. The number of carbonyl (C=O) groups excluding carboxylic acids is 1. The van der Waals surface area contributed by atoms with Gasteiger partial charge in [-0.25, -0.2) is 4.98 Å². The highest BCUT2D eigenvalue weighted by molar-refractivity contribution is 7.13. The minimum atomic E-state index is -0.735. The van der Waals surface area contributed by atoms with Crippen LogP contribution in [-0.4, -0.2) is 17.1 Å². The van der Waals surface area contributed by atoms with Crippen molar-refractivity contribution in [2.75, 3.05) is 0 Å². The van der Waals surface area contributed by atoms with E-state index >= 15 is 0 Å². The number of aromatic nitrogens is 1. The number of hydrogen-bond donors (Lipinski definition) is 0. The highest BCUT2D eigenvalue weighted by atomic mass is 32.1. The normalized spacial score (nSPS) is 11.8. The molecular formula is C12H10N2O3S. The molecule has 0 amide bonds. The molecule has 0 saturated heterocycles. The maximum atomic E-state index is 11.4. The van der Waals surface area contributed by atoms with E-state index in [2.05, 4.69) is 4.98 Å². The van der Waals surface area contributed by atoms with Crippen LogP contribution in [0.2, 0.25) is 0 Å². The maximum Gasteiger partial charge on any atom is 0.313 e. The minimum Gasteiger partial charge on any atom is -0.462 e. The number of rotatable bonds is 4. The van der Waals surface area contributed by atoms with E-state index in [9.17, 15) is 4.79 Å². The van der Waals surface area contributed by atoms with Crippen LogP contribution in [0.25, 0.3) is 10.8 Å². The Kier molecular flexibility index (Phi) is 3.75. The van der Waals surface area contributed by atoms with E-state index in [1.165, 1.54) is 18.3 Å². The quantitative estimate of drug-likeness (QED) is 0.791. The average molecular weight is 262 g/mol. The molecule has 0 spiro atoms. The predicted octanol–water partition coefficient (Wildman–Crippen LogP) is 2.40. The molecule has 1 atom stereocenters. The molecule has 2 rings (SSSR count). The van der Waals surface area contributed by atoms with Gasteiger partial charge in [-0.2, -0.15) is 5.26 Å². The van der Waals surface area contributed by atoms with E-state index in [0.29, 0.717) is 11.5 Å². The van der Waals surface area contributed by atoms with E-state index in [0.717, 1.165) is 5.01 Å². The Balaban J connectivity index is 1.99. The van der Waals surface area contributed by atoms with Crippen LogP contribution in [-0.2, 0) is 16.0 Å². The number of carbonyl (C=O) groups is 1. The zero-order chi connectivity index (χ0) is 13.0. The molecule has 0 aromatic carbocycles. The van der Waals surface area contributed by atoms with Crippen molar-refractivity contribution in [1.82, 2.24) is 4.98 Å². The van der Waals surface area contributed by atoms with Crippen molar-refractivity contribution in [2.24, 2.45) is 0 Å². The second-order valence-corrected chi connectivity index (χ2v) is 4.42. The summed E-state index contributed by atoms with van der Waals surface area (Å²) in [7, 11) is 0. The van der Waals surface area contributed by atoms with E-state index in [4.69, 9.17) is 14.4 Å². The summed E-state index contributed by atoms with van der Waals surface area (Å²) < 4.78 is 10.1. The molecule has 0 aliphatic heterocycles. The van der Waals surface area contributed by atoms with Crippen LogP contribution >= 0.6 is 11.3 Å². The van der Waals surface area contributed by atoms with Crippen LogP contribution in [0, 0.1) is 11.3 Å². The summed E-state index contributed by atoms with van der Waals surface area (Å²) in [6.07, 6.45) is 0.892. The molecule has 2 aromatic heterocycles. The summed E-state index contributed by atoms with van der Waals surface area (Å²) in [5.41, 5.74) is 0.613. The summed E-state index contributed by atoms with van der Waals surface area (Å²) in [4.78, 5) is 15.7. The first-order chi connectivity index (χ1) is 8.69. The monoisotopic (exact) mass is 262 g/mol. The van der Waals surface area contributed by atoms with Gasteiger partial charge in [0, 0.05) is 5.38 Å². The lowest BCUT2D eigenvalue weighted by atomic mass is 10.3. The topological polar surface area (TPSA) is 76.1 Å².